The Morgan fingerprint density at radius 1 is 1.28 bits per heavy atom. The third-order valence-corrected chi connectivity index (χ3v) is 5.10. The number of hydrogen-bond donors (Lipinski definition) is 2. The van der Waals surface area contributed by atoms with Gasteiger partial charge in [0.2, 0.25) is 11.1 Å². The fraction of sp³-hybridized carbons (Fsp3) is 0.200. The number of nitriles is 1. The van der Waals surface area contributed by atoms with E-state index < -0.39 is 5.25 Å². The minimum atomic E-state index is -0.499. The van der Waals surface area contributed by atoms with Crippen LogP contribution in [0, 0.1) is 11.3 Å². The lowest BCUT2D eigenvalue weighted by Gasteiger charge is -2.12. The van der Waals surface area contributed by atoms with Gasteiger partial charge in [0, 0.05) is 5.56 Å². The molecule has 29 heavy (non-hydrogen) atoms. The van der Waals surface area contributed by atoms with Crippen LogP contribution in [0.15, 0.2) is 53.7 Å². The van der Waals surface area contributed by atoms with E-state index in [4.69, 9.17) is 15.8 Å². The molecule has 3 N–H and O–H groups in total. The van der Waals surface area contributed by atoms with Crippen LogP contribution in [0.3, 0.4) is 0 Å². The zero-order valence-electron chi connectivity index (χ0n) is 16.0. The first-order valence-corrected chi connectivity index (χ1v) is 9.81. The molecule has 0 saturated heterocycles. The molecule has 3 rings (SSSR count). The summed E-state index contributed by atoms with van der Waals surface area (Å²) in [6.45, 7) is 4.25. The number of para-hydroxylation sites is 1. The summed E-state index contributed by atoms with van der Waals surface area (Å²) >= 11 is 1.18. The summed E-state index contributed by atoms with van der Waals surface area (Å²) in [6, 6.07) is 16.3. The number of hydrogen-bond acceptors (Lipinski definition) is 7. The normalized spacial score (nSPS) is 11.5. The lowest BCUT2D eigenvalue weighted by atomic mass is 10.2. The number of amides is 1. The standard InChI is InChI=1S/C20H20N6O2S/c1-3-28-16-10-8-14(9-11-16)18-24-25-20(26(18)22)29-13(2)19(27)23-17-7-5-4-6-15(17)12-21/h4-11,13H,3,22H2,1-2H3,(H,23,27)/t13-/m0/s1. The molecule has 1 atom stereocenters. The molecule has 1 amide bonds. The number of benzene rings is 2. The number of anilines is 1. The van der Waals surface area contributed by atoms with E-state index in [0.717, 1.165) is 11.3 Å². The number of aromatic nitrogens is 3. The predicted molar refractivity (Wildman–Crippen MR) is 112 cm³/mol. The van der Waals surface area contributed by atoms with Gasteiger partial charge >= 0.3 is 0 Å². The van der Waals surface area contributed by atoms with Crippen LogP contribution < -0.4 is 15.9 Å². The van der Waals surface area contributed by atoms with Crippen LogP contribution in [0.5, 0.6) is 5.75 Å². The highest BCUT2D eigenvalue weighted by molar-refractivity contribution is 8.00. The van der Waals surface area contributed by atoms with Crippen LogP contribution in [0.2, 0.25) is 0 Å². The summed E-state index contributed by atoms with van der Waals surface area (Å²) in [7, 11) is 0. The van der Waals surface area contributed by atoms with Crippen LogP contribution >= 0.6 is 11.8 Å². The molecule has 0 saturated carbocycles. The van der Waals surface area contributed by atoms with Gasteiger partial charge in [0.05, 0.1) is 23.1 Å². The highest BCUT2D eigenvalue weighted by atomic mass is 32.2. The smallest absolute Gasteiger partial charge is 0.237 e. The lowest BCUT2D eigenvalue weighted by Crippen LogP contribution is -2.24. The van der Waals surface area contributed by atoms with Crippen molar-refractivity contribution < 1.29 is 9.53 Å². The van der Waals surface area contributed by atoms with E-state index in [2.05, 4.69) is 21.6 Å². The fourth-order valence-electron chi connectivity index (χ4n) is 2.56. The molecule has 0 aliphatic carbocycles. The summed E-state index contributed by atoms with van der Waals surface area (Å²) in [5, 5.41) is 20.1. The van der Waals surface area contributed by atoms with E-state index in [-0.39, 0.29) is 5.91 Å². The number of ether oxygens (including phenoxy) is 1. The maximum absolute atomic E-state index is 12.5. The zero-order chi connectivity index (χ0) is 20.8. The minimum absolute atomic E-state index is 0.261. The van der Waals surface area contributed by atoms with Crippen molar-refractivity contribution in [1.29, 1.82) is 5.26 Å². The Morgan fingerprint density at radius 3 is 2.69 bits per heavy atom. The van der Waals surface area contributed by atoms with E-state index in [1.807, 2.05) is 31.2 Å². The minimum Gasteiger partial charge on any atom is -0.494 e. The Kier molecular flexibility index (Phi) is 6.36. The maximum atomic E-state index is 12.5. The molecule has 3 aromatic rings. The number of nitrogens with one attached hydrogen (secondary N) is 1. The van der Waals surface area contributed by atoms with Gasteiger partial charge in [-0.3, -0.25) is 4.79 Å². The van der Waals surface area contributed by atoms with Crippen LogP contribution in [-0.2, 0) is 4.79 Å². The summed E-state index contributed by atoms with van der Waals surface area (Å²) in [5.74, 6) is 7.13. The van der Waals surface area contributed by atoms with Gasteiger partial charge in [0.1, 0.15) is 11.8 Å². The molecule has 1 aromatic heterocycles. The monoisotopic (exact) mass is 408 g/mol. The molecule has 1 heterocycles. The molecule has 0 aliphatic rings. The van der Waals surface area contributed by atoms with Crippen LogP contribution in [-0.4, -0.2) is 32.6 Å². The molecule has 0 radical (unpaired) electrons. The Labute approximate surface area is 172 Å². The van der Waals surface area contributed by atoms with E-state index >= 15 is 0 Å². The molecule has 0 bridgehead atoms. The van der Waals surface area contributed by atoms with Gasteiger partial charge in [-0.05, 0) is 50.2 Å². The van der Waals surface area contributed by atoms with Gasteiger partial charge < -0.3 is 15.9 Å². The molecule has 0 unspecified atom stereocenters. The van der Waals surface area contributed by atoms with Crippen molar-refractivity contribution in [1.82, 2.24) is 14.9 Å². The second kappa shape index (κ2) is 9.12. The first-order valence-electron chi connectivity index (χ1n) is 8.93. The number of carbonyl (C=O) groups excluding carboxylic acids is 1. The number of nitrogens with zero attached hydrogens (tertiary/aromatic N) is 4. The Bertz CT molecular complexity index is 1040. The Hall–Kier alpha value is -3.51. The number of carbonyl (C=O) groups is 1. The SMILES string of the molecule is CCOc1ccc(-c2nnc(S[C@@H](C)C(=O)Nc3ccccc3C#N)n2N)cc1. The lowest BCUT2D eigenvalue weighted by molar-refractivity contribution is -0.115. The van der Waals surface area contributed by atoms with E-state index in [1.165, 1.54) is 16.4 Å². The van der Waals surface area contributed by atoms with Crippen LogP contribution in [0.1, 0.15) is 19.4 Å². The summed E-state index contributed by atoms with van der Waals surface area (Å²) in [6.07, 6.45) is 0. The maximum Gasteiger partial charge on any atom is 0.237 e. The quantitative estimate of drug-likeness (QED) is 0.455. The number of nitrogens with two attached hydrogens (primary N) is 1. The molecular formula is C20H20N6O2S. The Morgan fingerprint density at radius 2 is 2.00 bits per heavy atom. The summed E-state index contributed by atoms with van der Waals surface area (Å²) in [5.41, 5.74) is 1.66. The van der Waals surface area contributed by atoms with Gasteiger partial charge in [-0.25, -0.2) is 4.68 Å². The van der Waals surface area contributed by atoms with Gasteiger partial charge in [-0.1, -0.05) is 23.9 Å². The molecule has 9 heteroatoms. The van der Waals surface area contributed by atoms with Crippen LogP contribution in [0.4, 0.5) is 5.69 Å². The molecule has 0 fully saturated rings. The summed E-state index contributed by atoms with van der Waals surface area (Å²) < 4.78 is 6.79. The fourth-order valence-corrected chi connectivity index (χ4v) is 3.33. The summed E-state index contributed by atoms with van der Waals surface area (Å²) in [4.78, 5) is 12.5. The van der Waals surface area contributed by atoms with Crippen molar-refractivity contribution in [2.75, 3.05) is 17.8 Å². The highest BCUT2D eigenvalue weighted by Crippen LogP contribution is 2.27. The van der Waals surface area contributed by atoms with Gasteiger partial charge in [0.15, 0.2) is 5.82 Å². The van der Waals surface area contributed by atoms with E-state index in [0.29, 0.717) is 28.8 Å². The molecule has 2 aromatic carbocycles. The largest absolute Gasteiger partial charge is 0.494 e. The predicted octanol–water partition coefficient (Wildman–Crippen LogP) is 3.05. The molecule has 8 nitrogen and oxygen atoms in total. The van der Waals surface area contributed by atoms with Crippen LogP contribution in [0.25, 0.3) is 11.4 Å². The second-order valence-corrected chi connectivity index (χ2v) is 7.35. The van der Waals surface area contributed by atoms with Gasteiger partial charge in [-0.2, -0.15) is 5.26 Å². The van der Waals surface area contributed by atoms with Crippen molar-refractivity contribution in [3.63, 3.8) is 0 Å². The zero-order valence-corrected chi connectivity index (χ0v) is 16.8. The molecular weight excluding hydrogens is 388 g/mol. The van der Waals surface area contributed by atoms with Crippen molar-refractivity contribution in [2.45, 2.75) is 24.3 Å². The third-order valence-electron chi connectivity index (χ3n) is 4.04. The van der Waals surface area contributed by atoms with E-state index in [9.17, 15) is 4.79 Å². The van der Waals surface area contributed by atoms with Crippen molar-refractivity contribution in [3.05, 3.63) is 54.1 Å². The topological polar surface area (TPSA) is 119 Å². The average Bonchev–Trinajstić information content (AvgIpc) is 3.09. The molecule has 148 valence electrons. The third kappa shape index (κ3) is 4.67. The van der Waals surface area contributed by atoms with Crippen molar-refractivity contribution in [3.8, 4) is 23.2 Å². The molecule has 0 spiro atoms. The van der Waals surface area contributed by atoms with Gasteiger partial charge in [-0.15, -0.1) is 10.2 Å². The highest BCUT2D eigenvalue weighted by Gasteiger charge is 2.20. The first kappa shape index (κ1) is 20.2. The number of nitrogen functional groups attached to an aromatic ring is 1. The second-order valence-electron chi connectivity index (χ2n) is 6.04. The Balaban J connectivity index is 1.70. The number of thioether (sulfide) groups is 1. The van der Waals surface area contributed by atoms with Crippen molar-refractivity contribution in [2.24, 2.45) is 0 Å². The first-order chi connectivity index (χ1) is 14.0. The van der Waals surface area contributed by atoms with E-state index in [1.54, 1.807) is 31.2 Å². The van der Waals surface area contributed by atoms with Gasteiger partial charge in [0.25, 0.3) is 0 Å². The average molecular weight is 408 g/mol. The molecule has 0 aliphatic heterocycles. The van der Waals surface area contributed by atoms with Crippen molar-refractivity contribution >= 4 is 23.4 Å². The number of rotatable bonds is 7.